The third-order valence-electron chi connectivity index (χ3n) is 2.45. The van der Waals surface area contributed by atoms with Crippen molar-refractivity contribution in [3.8, 4) is 10.6 Å². The summed E-state index contributed by atoms with van der Waals surface area (Å²) in [6, 6.07) is 3.29. The molecule has 0 spiro atoms. The quantitative estimate of drug-likeness (QED) is 0.669. The van der Waals surface area contributed by atoms with Crippen LogP contribution in [0, 0.1) is 15.9 Å². The summed E-state index contributed by atoms with van der Waals surface area (Å²) in [5.74, 6) is -0.542. The zero-order valence-electron chi connectivity index (χ0n) is 9.88. The van der Waals surface area contributed by atoms with Crippen LogP contribution in [0.25, 0.3) is 10.6 Å². The van der Waals surface area contributed by atoms with Gasteiger partial charge in [-0.25, -0.2) is 4.39 Å². The monoisotopic (exact) mass is 282 g/mol. The first-order valence-corrected chi connectivity index (χ1v) is 6.40. The summed E-state index contributed by atoms with van der Waals surface area (Å²) in [4.78, 5) is 10.3. The van der Waals surface area contributed by atoms with Crippen LogP contribution in [0.5, 0.6) is 0 Å². The maximum atomic E-state index is 13.2. The average molecular weight is 282 g/mol. The highest BCUT2D eigenvalue weighted by molar-refractivity contribution is 7.14. The number of nitro benzene ring substituents is 1. The van der Waals surface area contributed by atoms with E-state index in [0.29, 0.717) is 18.0 Å². The van der Waals surface area contributed by atoms with E-state index in [1.807, 2.05) is 0 Å². The predicted molar refractivity (Wildman–Crippen MR) is 69.3 cm³/mol. The molecular formula is C11H11FN4O2S. The number of hydrogen-bond donors (Lipinski definition) is 1. The van der Waals surface area contributed by atoms with Crippen molar-refractivity contribution < 1.29 is 9.31 Å². The van der Waals surface area contributed by atoms with Crippen LogP contribution < -0.4 is 5.73 Å². The molecule has 1 aromatic heterocycles. The lowest BCUT2D eigenvalue weighted by Crippen LogP contribution is -1.99. The minimum Gasteiger partial charge on any atom is -0.330 e. The first-order valence-electron chi connectivity index (χ1n) is 5.58. The Bertz CT molecular complexity index is 602. The molecule has 1 heterocycles. The van der Waals surface area contributed by atoms with Gasteiger partial charge in [0.1, 0.15) is 10.8 Å². The van der Waals surface area contributed by atoms with Crippen molar-refractivity contribution in [2.45, 2.75) is 12.8 Å². The molecule has 0 aliphatic carbocycles. The predicted octanol–water partition coefficient (Wildman–Crippen LogP) is 2.14. The smallest absolute Gasteiger partial charge is 0.279 e. The molecule has 6 nitrogen and oxygen atoms in total. The SMILES string of the molecule is NCCCc1nnc(-c2cc(F)ccc2[N+](=O)[O-])s1. The zero-order valence-corrected chi connectivity index (χ0v) is 10.7. The highest BCUT2D eigenvalue weighted by Gasteiger charge is 2.19. The van der Waals surface area contributed by atoms with Crippen molar-refractivity contribution in [1.29, 1.82) is 0 Å². The van der Waals surface area contributed by atoms with Gasteiger partial charge in [-0.1, -0.05) is 11.3 Å². The number of nitro groups is 1. The van der Waals surface area contributed by atoms with Crippen LogP contribution in [0.15, 0.2) is 18.2 Å². The summed E-state index contributed by atoms with van der Waals surface area (Å²) in [5.41, 5.74) is 5.37. The van der Waals surface area contributed by atoms with Gasteiger partial charge in [-0.05, 0) is 25.1 Å². The Labute approximate surface area is 112 Å². The fraction of sp³-hybridized carbons (Fsp3) is 0.273. The highest BCUT2D eigenvalue weighted by atomic mass is 32.1. The topological polar surface area (TPSA) is 94.9 Å². The van der Waals surface area contributed by atoms with E-state index in [1.165, 1.54) is 11.3 Å². The summed E-state index contributed by atoms with van der Waals surface area (Å²) in [7, 11) is 0. The molecule has 1 aromatic carbocycles. The van der Waals surface area contributed by atoms with Crippen LogP contribution in [-0.4, -0.2) is 21.7 Å². The van der Waals surface area contributed by atoms with E-state index in [-0.39, 0.29) is 11.3 Å². The summed E-state index contributed by atoms with van der Waals surface area (Å²) < 4.78 is 13.2. The lowest BCUT2D eigenvalue weighted by molar-refractivity contribution is -0.384. The third-order valence-corrected chi connectivity index (χ3v) is 3.46. The molecule has 0 saturated carbocycles. The second-order valence-electron chi connectivity index (χ2n) is 3.81. The lowest BCUT2D eigenvalue weighted by atomic mass is 10.2. The van der Waals surface area contributed by atoms with Crippen molar-refractivity contribution >= 4 is 17.0 Å². The van der Waals surface area contributed by atoms with Crippen LogP contribution in [0.4, 0.5) is 10.1 Å². The average Bonchev–Trinajstić information content (AvgIpc) is 2.84. The molecule has 0 bridgehead atoms. The molecule has 2 N–H and O–H groups in total. The van der Waals surface area contributed by atoms with E-state index in [0.717, 1.165) is 29.6 Å². The number of rotatable bonds is 5. The normalized spacial score (nSPS) is 10.6. The number of aryl methyl sites for hydroxylation is 1. The number of hydrogen-bond acceptors (Lipinski definition) is 6. The minimum atomic E-state index is -0.560. The summed E-state index contributed by atoms with van der Waals surface area (Å²) in [5, 5.41) is 19.8. The Morgan fingerprint density at radius 3 is 2.89 bits per heavy atom. The van der Waals surface area contributed by atoms with Crippen LogP contribution in [0.3, 0.4) is 0 Å². The zero-order chi connectivity index (χ0) is 13.8. The van der Waals surface area contributed by atoms with Crippen molar-refractivity contribution in [1.82, 2.24) is 10.2 Å². The van der Waals surface area contributed by atoms with Gasteiger partial charge in [-0.2, -0.15) is 0 Å². The summed E-state index contributed by atoms with van der Waals surface area (Å²) >= 11 is 1.22. The van der Waals surface area contributed by atoms with Gasteiger partial charge in [0, 0.05) is 12.5 Å². The van der Waals surface area contributed by atoms with Crippen molar-refractivity contribution in [3.05, 3.63) is 39.1 Å². The van der Waals surface area contributed by atoms with Gasteiger partial charge < -0.3 is 5.73 Å². The molecule has 0 atom stereocenters. The molecule has 19 heavy (non-hydrogen) atoms. The fourth-order valence-electron chi connectivity index (χ4n) is 1.56. The molecular weight excluding hydrogens is 271 g/mol. The Balaban J connectivity index is 2.37. The number of nitrogens with zero attached hydrogens (tertiary/aromatic N) is 3. The first kappa shape index (κ1) is 13.5. The molecule has 8 heteroatoms. The van der Waals surface area contributed by atoms with E-state index in [2.05, 4.69) is 10.2 Å². The van der Waals surface area contributed by atoms with E-state index >= 15 is 0 Å². The lowest BCUT2D eigenvalue weighted by Gasteiger charge is -1.98. The van der Waals surface area contributed by atoms with Crippen LogP contribution in [0.1, 0.15) is 11.4 Å². The van der Waals surface area contributed by atoms with Crippen LogP contribution >= 0.6 is 11.3 Å². The van der Waals surface area contributed by atoms with E-state index in [4.69, 9.17) is 5.73 Å². The molecule has 0 aliphatic rings. The molecule has 2 rings (SSSR count). The fourth-order valence-corrected chi connectivity index (χ4v) is 2.46. The molecule has 0 radical (unpaired) electrons. The van der Waals surface area contributed by atoms with Gasteiger partial charge in [-0.3, -0.25) is 10.1 Å². The Morgan fingerprint density at radius 1 is 1.42 bits per heavy atom. The van der Waals surface area contributed by atoms with Crippen molar-refractivity contribution in [2.75, 3.05) is 6.54 Å². The highest BCUT2D eigenvalue weighted by Crippen LogP contribution is 2.32. The number of halogens is 1. The Kier molecular flexibility index (Phi) is 4.13. The molecule has 100 valence electrons. The molecule has 0 saturated heterocycles. The molecule has 0 aliphatic heterocycles. The van der Waals surface area contributed by atoms with Crippen molar-refractivity contribution in [3.63, 3.8) is 0 Å². The van der Waals surface area contributed by atoms with E-state index in [9.17, 15) is 14.5 Å². The van der Waals surface area contributed by atoms with Gasteiger partial charge in [0.2, 0.25) is 0 Å². The summed E-state index contributed by atoms with van der Waals surface area (Å²) in [6.45, 7) is 0.537. The van der Waals surface area contributed by atoms with Gasteiger partial charge >= 0.3 is 0 Å². The Hall–Kier alpha value is -1.93. The van der Waals surface area contributed by atoms with Gasteiger partial charge in [0.05, 0.1) is 10.5 Å². The Morgan fingerprint density at radius 2 is 2.21 bits per heavy atom. The number of aromatic nitrogens is 2. The summed E-state index contributed by atoms with van der Waals surface area (Å²) in [6.07, 6.45) is 1.43. The molecule has 2 aromatic rings. The van der Waals surface area contributed by atoms with E-state index < -0.39 is 10.7 Å². The second-order valence-corrected chi connectivity index (χ2v) is 4.87. The number of nitrogens with two attached hydrogens (primary N) is 1. The van der Waals surface area contributed by atoms with Crippen LogP contribution in [0.2, 0.25) is 0 Å². The van der Waals surface area contributed by atoms with Gasteiger partial charge in [0.25, 0.3) is 5.69 Å². The minimum absolute atomic E-state index is 0.154. The first-order chi connectivity index (χ1) is 9.11. The maximum Gasteiger partial charge on any atom is 0.279 e. The van der Waals surface area contributed by atoms with Gasteiger partial charge in [0.15, 0.2) is 5.01 Å². The maximum absolute atomic E-state index is 13.2. The third kappa shape index (κ3) is 3.09. The molecule has 0 amide bonds. The molecule has 0 unspecified atom stereocenters. The molecule has 0 fully saturated rings. The second kappa shape index (κ2) is 5.81. The van der Waals surface area contributed by atoms with E-state index in [1.54, 1.807) is 0 Å². The van der Waals surface area contributed by atoms with Gasteiger partial charge in [-0.15, -0.1) is 10.2 Å². The standard InChI is InChI=1S/C11H11FN4O2S/c12-7-3-4-9(16(17)18)8(6-7)11-15-14-10(19-11)2-1-5-13/h3-4,6H,1-2,5,13H2. The van der Waals surface area contributed by atoms with Crippen LogP contribution in [-0.2, 0) is 6.42 Å². The van der Waals surface area contributed by atoms with Crippen molar-refractivity contribution in [2.24, 2.45) is 5.73 Å². The largest absolute Gasteiger partial charge is 0.330 e. The number of benzene rings is 1.